The molecule has 0 spiro atoms. The number of pyridine rings is 1. The maximum atomic E-state index is 5.77. The molecule has 1 fully saturated rings. The maximum Gasteiger partial charge on any atom is 0.215 e. The Morgan fingerprint density at radius 3 is 2.73 bits per heavy atom. The minimum atomic E-state index is 0.254. The molecule has 0 amide bonds. The van der Waals surface area contributed by atoms with Crippen LogP contribution >= 0.6 is 0 Å². The van der Waals surface area contributed by atoms with Crippen LogP contribution in [0.5, 0.6) is 5.88 Å². The van der Waals surface area contributed by atoms with E-state index in [0.29, 0.717) is 32.2 Å². The molecular weight excluding hydrogens is 516 g/mol. The molecule has 0 unspecified atom stereocenters. The van der Waals surface area contributed by atoms with Gasteiger partial charge < -0.3 is 29.2 Å². The summed E-state index contributed by atoms with van der Waals surface area (Å²) in [5, 5.41) is 3.39. The summed E-state index contributed by atoms with van der Waals surface area (Å²) in [6.07, 6.45) is 6.81. The van der Waals surface area contributed by atoms with Gasteiger partial charge in [0, 0.05) is 55.4 Å². The molecule has 10 heteroatoms. The monoisotopic (exact) mass is 554 g/mol. The fourth-order valence-corrected chi connectivity index (χ4v) is 5.39. The highest BCUT2D eigenvalue weighted by Crippen LogP contribution is 2.33. The minimum absolute atomic E-state index is 0.254. The Kier molecular flexibility index (Phi) is 8.00. The van der Waals surface area contributed by atoms with Crippen molar-refractivity contribution in [1.82, 2.24) is 24.5 Å². The molecule has 2 aliphatic heterocycles. The van der Waals surface area contributed by atoms with Crippen molar-refractivity contribution in [2.45, 2.75) is 45.7 Å². The van der Waals surface area contributed by atoms with Crippen molar-refractivity contribution in [1.29, 1.82) is 0 Å². The SMILES string of the molecule is CCCCOc1cccc(Nc2ccc(-c3nc4c(c(N5CCOC[C@@H]5C)n3)CCN(c3nccn3C)C4)cc2)n1. The van der Waals surface area contributed by atoms with Crippen LogP contribution in [0.4, 0.5) is 23.3 Å². The van der Waals surface area contributed by atoms with Gasteiger partial charge in [-0.3, -0.25) is 0 Å². The van der Waals surface area contributed by atoms with Gasteiger partial charge in [-0.25, -0.2) is 15.0 Å². The summed E-state index contributed by atoms with van der Waals surface area (Å²) in [5.41, 5.74) is 4.20. The van der Waals surface area contributed by atoms with Crippen LogP contribution < -0.4 is 19.9 Å². The molecule has 4 aromatic rings. The lowest BCUT2D eigenvalue weighted by molar-refractivity contribution is 0.0984. The summed E-state index contributed by atoms with van der Waals surface area (Å²) in [6, 6.07) is 14.3. The van der Waals surface area contributed by atoms with E-state index in [4.69, 9.17) is 19.4 Å². The minimum Gasteiger partial charge on any atom is -0.478 e. The molecule has 5 heterocycles. The normalized spacial score (nSPS) is 16.9. The van der Waals surface area contributed by atoms with Crippen molar-refractivity contribution in [3.63, 3.8) is 0 Å². The number of aromatic nitrogens is 5. The number of hydrogen-bond donors (Lipinski definition) is 1. The Balaban J connectivity index is 1.27. The zero-order valence-corrected chi connectivity index (χ0v) is 24.1. The standard InChI is InChI=1S/C31H38N8O2/c1-4-5-18-41-28-8-6-7-27(35-28)33-24-11-9-23(10-12-24)29-34-26-20-38(31-32-14-16-37(31)3)15-13-25(26)30(36-29)39-17-19-40-21-22(39)2/h6-12,14,16,22H,4-5,13,15,17-21H2,1-3H3,(H,33,35)/t22-/m0/s1. The Morgan fingerprint density at radius 1 is 1.07 bits per heavy atom. The first-order valence-electron chi connectivity index (χ1n) is 14.5. The molecule has 1 saturated heterocycles. The second kappa shape index (κ2) is 12.1. The van der Waals surface area contributed by atoms with Crippen molar-refractivity contribution >= 4 is 23.3 Å². The quantitative estimate of drug-likeness (QED) is 0.288. The number of fused-ring (bicyclic) bond motifs is 1. The van der Waals surface area contributed by atoms with E-state index in [9.17, 15) is 0 Å². The molecule has 6 rings (SSSR count). The van der Waals surface area contributed by atoms with Crippen LogP contribution in [0, 0.1) is 0 Å². The number of hydrogen-bond acceptors (Lipinski definition) is 9. The molecule has 10 nitrogen and oxygen atoms in total. The Hall–Kier alpha value is -4.18. The Labute approximate surface area is 241 Å². The number of nitrogens with zero attached hydrogens (tertiary/aromatic N) is 7. The van der Waals surface area contributed by atoms with Gasteiger partial charge in [0.15, 0.2) is 5.82 Å². The van der Waals surface area contributed by atoms with Gasteiger partial charge in [-0.1, -0.05) is 19.4 Å². The maximum absolute atomic E-state index is 5.77. The smallest absolute Gasteiger partial charge is 0.215 e. The fraction of sp³-hybridized carbons (Fsp3) is 0.419. The molecule has 2 aliphatic rings. The predicted octanol–water partition coefficient (Wildman–Crippen LogP) is 4.98. The lowest BCUT2D eigenvalue weighted by atomic mass is 10.0. The molecule has 0 aliphatic carbocycles. The first-order valence-corrected chi connectivity index (χ1v) is 14.5. The van der Waals surface area contributed by atoms with Gasteiger partial charge in [-0.15, -0.1) is 0 Å². The Morgan fingerprint density at radius 2 is 1.95 bits per heavy atom. The predicted molar refractivity (Wildman–Crippen MR) is 161 cm³/mol. The van der Waals surface area contributed by atoms with E-state index in [2.05, 4.69) is 55.6 Å². The van der Waals surface area contributed by atoms with E-state index in [1.807, 2.05) is 49.8 Å². The average molecular weight is 555 g/mol. The number of benzene rings is 1. The van der Waals surface area contributed by atoms with Crippen LogP contribution in [-0.2, 0) is 24.8 Å². The third-order valence-electron chi connectivity index (χ3n) is 7.65. The molecule has 0 radical (unpaired) electrons. The topological polar surface area (TPSA) is 93.5 Å². The van der Waals surface area contributed by atoms with E-state index in [0.717, 1.165) is 72.7 Å². The molecular formula is C31H38N8O2. The molecule has 0 saturated carbocycles. The highest BCUT2D eigenvalue weighted by molar-refractivity contribution is 5.66. The molecule has 1 aromatic carbocycles. The summed E-state index contributed by atoms with van der Waals surface area (Å²) >= 11 is 0. The number of morpholine rings is 1. The molecule has 214 valence electrons. The summed E-state index contributed by atoms with van der Waals surface area (Å²) in [6.45, 7) is 8.83. The van der Waals surface area contributed by atoms with Crippen LogP contribution in [0.1, 0.15) is 37.9 Å². The van der Waals surface area contributed by atoms with Gasteiger partial charge >= 0.3 is 0 Å². The van der Waals surface area contributed by atoms with Crippen molar-refractivity contribution in [2.24, 2.45) is 7.05 Å². The zero-order chi connectivity index (χ0) is 28.2. The summed E-state index contributed by atoms with van der Waals surface area (Å²) in [7, 11) is 2.03. The van der Waals surface area contributed by atoms with Crippen LogP contribution in [-0.4, -0.2) is 63.5 Å². The van der Waals surface area contributed by atoms with Crippen LogP contribution in [0.3, 0.4) is 0 Å². The number of anilines is 4. The van der Waals surface area contributed by atoms with E-state index >= 15 is 0 Å². The van der Waals surface area contributed by atoms with Gasteiger partial charge in [-0.2, -0.15) is 4.98 Å². The third-order valence-corrected chi connectivity index (χ3v) is 7.65. The highest BCUT2D eigenvalue weighted by atomic mass is 16.5. The van der Waals surface area contributed by atoms with Gasteiger partial charge in [0.2, 0.25) is 11.8 Å². The number of unbranched alkanes of at least 4 members (excludes halogenated alkanes) is 1. The van der Waals surface area contributed by atoms with E-state index in [1.165, 1.54) is 5.56 Å². The summed E-state index contributed by atoms with van der Waals surface area (Å²) in [5.74, 6) is 4.10. The molecule has 1 N–H and O–H groups in total. The Bertz CT molecular complexity index is 1470. The fourth-order valence-electron chi connectivity index (χ4n) is 5.39. The lowest BCUT2D eigenvalue weighted by Gasteiger charge is -2.38. The molecule has 41 heavy (non-hydrogen) atoms. The van der Waals surface area contributed by atoms with Crippen molar-refractivity contribution in [2.75, 3.05) is 48.0 Å². The first kappa shape index (κ1) is 27.0. The molecule has 0 bridgehead atoms. The molecule has 1 atom stereocenters. The lowest BCUT2D eigenvalue weighted by Crippen LogP contribution is -2.45. The van der Waals surface area contributed by atoms with Gasteiger partial charge in [0.25, 0.3) is 0 Å². The van der Waals surface area contributed by atoms with E-state index in [1.54, 1.807) is 0 Å². The second-order valence-electron chi connectivity index (χ2n) is 10.7. The number of aryl methyl sites for hydroxylation is 1. The average Bonchev–Trinajstić information content (AvgIpc) is 3.43. The third kappa shape index (κ3) is 5.97. The van der Waals surface area contributed by atoms with Crippen molar-refractivity contribution < 1.29 is 9.47 Å². The number of imidazole rings is 1. The number of ether oxygens (including phenoxy) is 2. The molecule has 3 aromatic heterocycles. The van der Waals surface area contributed by atoms with Crippen LogP contribution in [0.2, 0.25) is 0 Å². The number of rotatable bonds is 9. The van der Waals surface area contributed by atoms with Gasteiger partial charge in [0.05, 0.1) is 38.1 Å². The summed E-state index contributed by atoms with van der Waals surface area (Å²) < 4.78 is 13.6. The first-order chi connectivity index (χ1) is 20.1. The van der Waals surface area contributed by atoms with E-state index in [-0.39, 0.29) is 6.04 Å². The van der Waals surface area contributed by atoms with Gasteiger partial charge in [0.1, 0.15) is 11.6 Å². The van der Waals surface area contributed by atoms with Crippen molar-refractivity contribution in [3.8, 4) is 17.3 Å². The number of nitrogens with one attached hydrogen (secondary N) is 1. The van der Waals surface area contributed by atoms with Crippen LogP contribution in [0.15, 0.2) is 54.9 Å². The van der Waals surface area contributed by atoms with Crippen molar-refractivity contribution in [3.05, 3.63) is 66.1 Å². The largest absolute Gasteiger partial charge is 0.478 e. The highest BCUT2D eigenvalue weighted by Gasteiger charge is 2.29. The second-order valence-corrected chi connectivity index (χ2v) is 10.7. The summed E-state index contributed by atoms with van der Waals surface area (Å²) in [4.78, 5) is 24.1. The zero-order valence-electron chi connectivity index (χ0n) is 24.1. The van der Waals surface area contributed by atoms with E-state index < -0.39 is 0 Å². The van der Waals surface area contributed by atoms with Crippen LogP contribution in [0.25, 0.3) is 11.4 Å². The van der Waals surface area contributed by atoms with Gasteiger partial charge in [-0.05, 0) is 50.1 Å².